The first-order valence-electron chi connectivity index (χ1n) is 32.9. The van der Waals surface area contributed by atoms with Crippen molar-refractivity contribution in [1.82, 2.24) is 0 Å². The molecule has 18 heteroatoms. The van der Waals surface area contributed by atoms with Crippen LogP contribution in [0, 0.1) is 6.07 Å². The fourth-order valence-corrected chi connectivity index (χ4v) is 18.8. The molecular formula is C86H82Br3MgO9P5+4. The van der Waals surface area contributed by atoms with Crippen LogP contribution in [0.2, 0.25) is 0 Å². The van der Waals surface area contributed by atoms with E-state index in [0.29, 0.717) is 13.2 Å². The van der Waals surface area contributed by atoms with E-state index < -0.39 is 38.1 Å². The van der Waals surface area contributed by atoms with Gasteiger partial charge in [-0.05, 0) is 122 Å². The summed E-state index contributed by atoms with van der Waals surface area (Å²) in [5.74, 6) is 0. The van der Waals surface area contributed by atoms with Gasteiger partial charge in [0, 0.05) is 58.6 Å². The smallest absolute Gasteiger partial charge is 1.00 e. The maximum absolute atomic E-state index is 14.7. The molecule has 0 spiro atoms. The molecule has 0 unspecified atom stereocenters. The molecule has 0 atom stereocenters. The van der Waals surface area contributed by atoms with Gasteiger partial charge in [0.1, 0.15) is 13.2 Å². The fraction of sp³-hybridized carbons (Fsp3) is 0.0930. The molecule has 13 aromatic carbocycles. The Morgan fingerprint density at radius 2 is 0.548 bits per heavy atom. The summed E-state index contributed by atoms with van der Waals surface area (Å²) in [6.45, 7) is 6.42. The Balaban J connectivity index is 0.000000250. The minimum Gasteiger partial charge on any atom is -1.00 e. The summed E-state index contributed by atoms with van der Waals surface area (Å²) in [6.07, 6.45) is 2.56. The quantitative estimate of drug-likeness (QED) is 0.0402. The van der Waals surface area contributed by atoms with Crippen LogP contribution in [0.3, 0.4) is 0 Å². The summed E-state index contributed by atoms with van der Waals surface area (Å²) in [5.41, 5.74) is 4.50. The maximum Gasteiger partial charge on any atom is 2.00 e. The molecule has 9 nitrogen and oxygen atoms in total. The maximum atomic E-state index is 14.7. The van der Waals surface area contributed by atoms with Crippen molar-refractivity contribution in [2.45, 2.75) is 26.7 Å². The van der Waals surface area contributed by atoms with E-state index >= 15 is 0 Å². The van der Waals surface area contributed by atoms with Gasteiger partial charge in [-0.25, -0.2) is 0 Å². The van der Waals surface area contributed by atoms with Crippen LogP contribution in [0.4, 0.5) is 0 Å². The van der Waals surface area contributed by atoms with Crippen molar-refractivity contribution in [3.05, 3.63) is 385 Å². The molecular weight excluding hydrogens is 1600 g/mol. The number of hydrogen-bond acceptors (Lipinski definition) is 8. The van der Waals surface area contributed by atoms with E-state index in [1.807, 2.05) is 322 Å². The van der Waals surface area contributed by atoms with Gasteiger partial charge >= 0.3 is 46.9 Å². The number of rotatable bonds is 16. The van der Waals surface area contributed by atoms with Gasteiger partial charge in [0.25, 0.3) is 0 Å². The van der Waals surface area contributed by atoms with Gasteiger partial charge in [-0.2, -0.15) is 36.4 Å². The minimum absolute atomic E-state index is 0. The predicted octanol–water partition coefficient (Wildman–Crippen LogP) is 16.1. The first-order chi connectivity index (χ1) is 49.4. The molecule has 1 aliphatic heterocycles. The number of ether oxygens (including phenoxy) is 1. The van der Waals surface area contributed by atoms with Crippen molar-refractivity contribution in [1.29, 1.82) is 0 Å². The minimum atomic E-state index is -3.02. The van der Waals surface area contributed by atoms with Gasteiger partial charge in [-0.1, -0.05) is 308 Å². The fourth-order valence-electron chi connectivity index (χ4n) is 10.1. The van der Waals surface area contributed by atoms with Gasteiger partial charge in [0.05, 0.1) is 0 Å². The molecule has 0 aliphatic carbocycles. The van der Waals surface area contributed by atoms with Crippen LogP contribution in [0.1, 0.15) is 26.7 Å². The Kier molecular flexibility index (Phi) is 40.9. The van der Waals surface area contributed by atoms with Crippen molar-refractivity contribution < 1.29 is 59.1 Å². The largest absolute Gasteiger partial charge is 2.00 e. The third-order valence-corrected chi connectivity index (χ3v) is 26.4. The number of halogens is 3. The molecule has 0 amide bonds. The average Bonchev–Trinajstić information content (AvgIpc) is 0.781. The Hall–Kier alpha value is -7.33. The standard InChI is InChI=1S/C36H28O2P2.C12H8Br2.2C12H10OP.C6H5.C4H10O3P.C4H8O.BrH.Mg.H2O/c37-39(31-13-5-1-6-14-31,32-15-7-2-8-16-32)35-25-21-29(22-26-35)30-23-27-36(28-24-30)40(38,33-17-9-3-10-18-33)34-19-11-4-12-20-34;13-11-5-1-9(2-6-11)10-3-7-12(14)8-4-10;2*13-14(11-7-3-1-4-8-11)12-9-5-2-6-10-12;1-2-4-6-5-3-1;1-3-6-8(5)7-4-2;1-2-4-5-3-1;;;/h1-28H;1-8H;2*1-10H;1-5H;3-4H2,1-2H3;1-4H2;1H;;1H2/q;;2*+1;-1;+1;;;+2;. The molecule has 1 aliphatic rings. The molecule has 0 aromatic heterocycles. The summed E-state index contributed by atoms with van der Waals surface area (Å²) in [6, 6.07) is 122. The third kappa shape index (κ3) is 27.5. The number of benzene rings is 13. The van der Waals surface area contributed by atoms with Crippen LogP contribution >= 0.6 is 70.0 Å². The monoisotopic (exact) mass is 1670 g/mol. The van der Waals surface area contributed by atoms with Gasteiger partial charge in [0.15, 0.2) is 35.5 Å². The third-order valence-electron chi connectivity index (χ3n) is 15.2. The van der Waals surface area contributed by atoms with Crippen LogP contribution in [0.5, 0.6) is 0 Å². The summed E-state index contributed by atoms with van der Waals surface area (Å²) >= 11 is 6.84. The zero-order valence-electron chi connectivity index (χ0n) is 57.9. The molecule has 14 rings (SSSR count). The molecule has 1 saturated heterocycles. The molecule has 13 aromatic rings. The zero-order chi connectivity index (χ0) is 71.2. The van der Waals surface area contributed by atoms with Gasteiger partial charge in [0.2, 0.25) is 0 Å². The summed E-state index contributed by atoms with van der Waals surface area (Å²) < 4.78 is 80.0. The van der Waals surface area contributed by atoms with Crippen molar-refractivity contribution in [3.8, 4) is 22.3 Å². The van der Waals surface area contributed by atoms with E-state index in [-0.39, 0.29) is 45.5 Å². The number of hydrogen-bond donors (Lipinski definition) is 0. The molecule has 3 N–H and O–H groups in total. The van der Waals surface area contributed by atoms with E-state index in [1.54, 1.807) is 13.8 Å². The van der Waals surface area contributed by atoms with Crippen molar-refractivity contribution >= 4 is 146 Å². The van der Waals surface area contributed by atoms with Gasteiger partial charge in [-0.3, -0.25) is 0 Å². The van der Waals surface area contributed by atoms with Gasteiger partial charge in [-0.15, -0.1) is 9.05 Å². The van der Waals surface area contributed by atoms with Crippen LogP contribution in [0.15, 0.2) is 379 Å². The van der Waals surface area contributed by atoms with Crippen molar-refractivity contribution in [2.75, 3.05) is 26.4 Å². The Morgan fingerprint density at radius 3 is 0.740 bits per heavy atom. The average molecular weight is 1680 g/mol. The second-order valence-corrected chi connectivity index (χ2v) is 33.6. The summed E-state index contributed by atoms with van der Waals surface area (Å²) in [7, 11) is -10.7. The molecule has 0 bridgehead atoms. The Bertz CT molecular complexity index is 4130. The van der Waals surface area contributed by atoms with Crippen LogP contribution in [-0.2, 0) is 42.1 Å². The van der Waals surface area contributed by atoms with Crippen LogP contribution in [-0.4, -0.2) is 49.5 Å². The molecule has 104 heavy (non-hydrogen) atoms. The molecule has 1 fully saturated rings. The van der Waals surface area contributed by atoms with E-state index in [4.69, 9.17) is 4.74 Å². The normalized spacial score (nSPS) is 10.8. The van der Waals surface area contributed by atoms with Crippen molar-refractivity contribution in [2.24, 2.45) is 0 Å². The summed E-state index contributed by atoms with van der Waals surface area (Å²) in [5, 5.41) is 8.38. The predicted molar refractivity (Wildman–Crippen MR) is 444 cm³/mol. The van der Waals surface area contributed by atoms with E-state index in [9.17, 15) is 22.8 Å². The molecule has 524 valence electrons. The van der Waals surface area contributed by atoms with E-state index in [2.05, 4.69) is 95.5 Å². The van der Waals surface area contributed by atoms with Crippen LogP contribution < -0.4 is 70.0 Å². The molecule has 1 heterocycles. The van der Waals surface area contributed by atoms with E-state index in [0.717, 1.165) is 86.3 Å². The Morgan fingerprint density at radius 1 is 0.337 bits per heavy atom. The van der Waals surface area contributed by atoms with Crippen LogP contribution in [0.25, 0.3) is 22.3 Å². The topological polar surface area (TPSA) is 146 Å². The summed E-state index contributed by atoms with van der Waals surface area (Å²) in [4.78, 5) is 0. The molecule has 0 radical (unpaired) electrons. The Labute approximate surface area is 659 Å². The van der Waals surface area contributed by atoms with E-state index in [1.165, 1.54) is 24.0 Å². The first kappa shape index (κ1) is 87.3. The first-order valence-corrected chi connectivity index (χ1v) is 41.6. The molecule has 0 saturated carbocycles. The van der Waals surface area contributed by atoms with Crippen molar-refractivity contribution in [3.63, 3.8) is 0 Å². The van der Waals surface area contributed by atoms with Gasteiger partial charge < -0.3 is 36.3 Å². The SMILES string of the molecule is Brc1ccc(-c2ccc(Br)cc2)cc1.C1CCOC1.CCO[P+](=O)OCC.O=P(c1ccccc1)(c1ccccc1)c1ccc(-c2ccc(P(=O)(c3ccccc3)c3ccccc3)cc2)cc1.O=[P+](c1ccccc1)c1ccccc1.O=[P+](c1ccccc1)c1ccccc1.[Br-].[Mg+2].[OH3+].[c-]1ccccc1. The zero-order valence-corrected chi connectivity index (χ0v) is 68.5. The second-order valence-electron chi connectivity index (χ2n) is 22.1. The second kappa shape index (κ2) is 48.7.